The Morgan fingerprint density at radius 3 is 2.49 bits per heavy atom. The molecule has 194 valence electrons. The van der Waals surface area contributed by atoms with Crippen LogP contribution in [-0.2, 0) is 21.3 Å². The molecule has 2 aliphatic heterocycles. The topological polar surface area (TPSA) is 96.3 Å². The van der Waals surface area contributed by atoms with E-state index in [1.165, 1.54) is 12.8 Å². The number of benzene rings is 1. The van der Waals surface area contributed by atoms with E-state index in [1.807, 2.05) is 49.4 Å². The number of nitrogens with zero attached hydrogens (tertiary/aromatic N) is 5. The molecule has 0 spiro atoms. The van der Waals surface area contributed by atoms with Gasteiger partial charge in [-0.15, -0.1) is 0 Å². The van der Waals surface area contributed by atoms with Gasteiger partial charge in [-0.1, -0.05) is 42.8 Å². The van der Waals surface area contributed by atoms with Crippen LogP contribution in [0.2, 0.25) is 0 Å². The summed E-state index contributed by atoms with van der Waals surface area (Å²) in [5.74, 6) is 1.89. The van der Waals surface area contributed by atoms with Crippen LogP contribution < -0.4 is 0 Å². The summed E-state index contributed by atoms with van der Waals surface area (Å²) in [6, 6.07) is 13.5. The Hall–Kier alpha value is -3.57. The maximum atomic E-state index is 9.69. The van der Waals surface area contributed by atoms with Gasteiger partial charge in [0.15, 0.2) is 11.5 Å². The van der Waals surface area contributed by atoms with Crippen molar-refractivity contribution in [1.29, 1.82) is 15.8 Å². The number of nitriles is 3. The van der Waals surface area contributed by atoms with Gasteiger partial charge in [0, 0.05) is 18.2 Å². The van der Waals surface area contributed by atoms with E-state index in [-0.39, 0.29) is 12.8 Å². The van der Waals surface area contributed by atoms with Gasteiger partial charge < -0.3 is 14.4 Å². The van der Waals surface area contributed by atoms with Gasteiger partial charge in [0.1, 0.15) is 18.2 Å². The zero-order valence-electron chi connectivity index (χ0n) is 22.2. The number of allylic oxidation sites excluding steroid dienone is 3. The average Bonchev–Trinajstić information content (AvgIpc) is 3.52. The molecule has 0 N–H and O–H groups in total. The molecule has 1 aromatic rings. The number of unbranched alkanes of at least 4 members (excludes halogenated alkanes) is 2. The average molecular weight is 500 g/mol. The fourth-order valence-electron chi connectivity index (χ4n) is 5.10. The van der Waals surface area contributed by atoms with Crippen LogP contribution >= 0.6 is 0 Å². The zero-order chi connectivity index (χ0) is 26.7. The monoisotopic (exact) mass is 499 g/mol. The normalized spacial score (nSPS) is 22.2. The first-order chi connectivity index (χ1) is 18.0. The fraction of sp³-hybridized carbons (Fsp3) is 0.500. The molecule has 1 unspecified atom stereocenters. The molecule has 2 saturated heterocycles. The zero-order valence-corrected chi connectivity index (χ0v) is 22.2. The summed E-state index contributed by atoms with van der Waals surface area (Å²) in [7, 11) is 4.21. The van der Waals surface area contributed by atoms with Gasteiger partial charge in [0.25, 0.3) is 5.41 Å². The first-order valence-electron chi connectivity index (χ1n) is 13.0. The van der Waals surface area contributed by atoms with E-state index >= 15 is 0 Å². The molecule has 0 aromatic heterocycles. The largest absolute Gasteiger partial charge is 0.454 e. The standard InChI is InChI=1S/C30H37N5O2/c1-4-28-29(37-23-36-28)14-10-11-24-17-26(35(19-24)16-9-5-8-15-34(2)3)18-25-12-6-7-13-27(25)30(20-31,21-32)22-33/h4,6-7,10-14,24,26H,5,8-9,15-19,23H2,1-3H3/b11-10+,28-4+,29-14+/t24-,26?/m1/s1. The van der Waals surface area contributed by atoms with Crippen LogP contribution in [0.15, 0.2) is 60.1 Å². The predicted molar refractivity (Wildman–Crippen MR) is 143 cm³/mol. The summed E-state index contributed by atoms with van der Waals surface area (Å²) in [5, 5.41) is 29.1. The molecular formula is C30H37N5O2. The minimum atomic E-state index is -1.79. The lowest BCUT2D eigenvalue weighted by Gasteiger charge is -2.26. The molecule has 2 atom stereocenters. The van der Waals surface area contributed by atoms with Crippen LogP contribution in [0.25, 0.3) is 0 Å². The molecule has 7 nitrogen and oxygen atoms in total. The van der Waals surface area contributed by atoms with Crippen LogP contribution in [0.1, 0.15) is 43.7 Å². The van der Waals surface area contributed by atoms with Crippen molar-refractivity contribution in [3.05, 3.63) is 71.2 Å². The van der Waals surface area contributed by atoms with E-state index in [1.54, 1.807) is 12.1 Å². The number of ether oxygens (including phenoxy) is 2. The second-order valence-electron chi connectivity index (χ2n) is 9.93. The minimum absolute atomic E-state index is 0.251. The van der Waals surface area contributed by atoms with Crippen LogP contribution in [0.4, 0.5) is 0 Å². The van der Waals surface area contributed by atoms with Crippen LogP contribution in [0.5, 0.6) is 0 Å². The van der Waals surface area contributed by atoms with Crippen LogP contribution in [-0.4, -0.2) is 56.4 Å². The molecule has 0 saturated carbocycles. The predicted octanol–water partition coefficient (Wildman–Crippen LogP) is 4.81. The van der Waals surface area contributed by atoms with E-state index in [4.69, 9.17) is 9.47 Å². The van der Waals surface area contributed by atoms with Crippen molar-refractivity contribution in [2.75, 3.05) is 40.5 Å². The molecule has 2 fully saturated rings. The lowest BCUT2D eigenvalue weighted by Crippen LogP contribution is -2.33. The summed E-state index contributed by atoms with van der Waals surface area (Å²) in [6.45, 7) is 5.23. The molecule has 0 bridgehead atoms. The highest BCUT2D eigenvalue weighted by molar-refractivity contribution is 5.51. The van der Waals surface area contributed by atoms with Crippen molar-refractivity contribution in [3.63, 3.8) is 0 Å². The number of hydrogen-bond donors (Lipinski definition) is 0. The van der Waals surface area contributed by atoms with Gasteiger partial charge in [-0.05, 0) is 83.4 Å². The first-order valence-corrected chi connectivity index (χ1v) is 13.0. The van der Waals surface area contributed by atoms with Crippen molar-refractivity contribution >= 4 is 0 Å². The van der Waals surface area contributed by atoms with Crippen molar-refractivity contribution in [3.8, 4) is 18.2 Å². The number of likely N-dealkylation sites (tertiary alicyclic amines) is 1. The van der Waals surface area contributed by atoms with E-state index in [2.05, 4.69) is 36.0 Å². The second-order valence-corrected chi connectivity index (χ2v) is 9.93. The van der Waals surface area contributed by atoms with Gasteiger partial charge in [-0.3, -0.25) is 4.90 Å². The Labute approximate surface area is 221 Å². The first kappa shape index (κ1) is 28.0. The smallest absolute Gasteiger partial charge is 0.253 e. The molecule has 2 heterocycles. The molecule has 2 aliphatic rings. The molecule has 1 aromatic carbocycles. The number of hydrogen-bond acceptors (Lipinski definition) is 7. The van der Waals surface area contributed by atoms with Gasteiger partial charge >= 0.3 is 0 Å². The molecular weight excluding hydrogens is 462 g/mol. The summed E-state index contributed by atoms with van der Waals surface area (Å²) in [4.78, 5) is 4.75. The second kappa shape index (κ2) is 13.7. The van der Waals surface area contributed by atoms with Crippen molar-refractivity contribution in [2.24, 2.45) is 5.92 Å². The maximum Gasteiger partial charge on any atom is 0.253 e. The van der Waals surface area contributed by atoms with E-state index < -0.39 is 5.41 Å². The highest BCUT2D eigenvalue weighted by Crippen LogP contribution is 2.32. The summed E-state index contributed by atoms with van der Waals surface area (Å²) >= 11 is 0. The molecule has 7 heteroatoms. The molecule has 0 radical (unpaired) electrons. The van der Waals surface area contributed by atoms with E-state index in [9.17, 15) is 15.8 Å². The number of rotatable bonds is 11. The Kier molecular flexibility index (Phi) is 10.3. The highest BCUT2D eigenvalue weighted by Gasteiger charge is 2.37. The molecule has 0 aliphatic carbocycles. The van der Waals surface area contributed by atoms with Crippen molar-refractivity contribution < 1.29 is 9.47 Å². The SMILES string of the molecule is C/C=C1/OCO/C1=C/C=C/[C@@H]1CC(Cc2ccccc2C(C#N)(C#N)C#N)N(CCCCCN(C)C)C1. The Balaban J connectivity index is 1.76. The summed E-state index contributed by atoms with van der Waals surface area (Å²) in [5.41, 5.74) is -0.379. The lowest BCUT2D eigenvalue weighted by atomic mass is 9.80. The molecule has 37 heavy (non-hydrogen) atoms. The summed E-state index contributed by atoms with van der Waals surface area (Å²) < 4.78 is 11.0. The highest BCUT2D eigenvalue weighted by atomic mass is 16.7. The Bertz CT molecular complexity index is 1100. The van der Waals surface area contributed by atoms with E-state index in [0.717, 1.165) is 49.6 Å². The van der Waals surface area contributed by atoms with Crippen LogP contribution in [0.3, 0.4) is 0 Å². The Morgan fingerprint density at radius 2 is 1.78 bits per heavy atom. The third kappa shape index (κ3) is 7.23. The molecule has 0 amide bonds. The third-order valence-corrected chi connectivity index (χ3v) is 7.06. The van der Waals surface area contributed by atoms with Gasteiger partial charge in [-0.25, -0.2) is 0 Å². The fourth-order valence-corrected chi connectivity index (χ4v) is 5.10. The van der Waals surface area contributed by atoms with E-state index in [0.29, 0.717) is 17.9 Å². The minimum Gasteiger partial charge on any atom is -0.454 e. The van der Waals surface area contributed by atoms with Crippen molar-refractivity contribution in [1.82, 2.24) is 9.80 Å². The van der Waals surface area contributed by atoms with Gasteiger partial charge in [0.05, 0.1) is 0 Å². The van der Waals surface area contributed by atoms with Crippen LogP contribution in [0, 0.1) is 39.9 Å². The van der Waals surface area contributed by atoms with Gasteiger partial charge in [0.2, 0.25) is 6.79 Å². The molecule has 3 rings (SSSR count). The third-order valence-electron chi connectivity index (χ3n) is 7.06. The van der Waals surface area contributed by atoms with Gasteiger partial charge in [-0.2, -0.15) is 15.8 Å². The van der Waals surface area contributed by atoms with Crippen molar-refractivity contribution in [2.45, 2.75) is 50.5 Å². The summed E-state index contributed by atoms with van der Waals surface area (Å²) in [6.07, 6.45) is 13.3. The quantitative estimate of drug-likeness (QED) is 0.403. The maximum absolute atomic E-state index is 9.69. The lowest BCUT2D eigenvalue weighted by molar-refractivity contribution is 0.0976. The Morgan fingerprint density at radius 1 is 1.05 bits per heavy atom.